The zero-order valence-electron chi connectivity index (χ0n) is 15.8. The molecule has 1 atom stereocenters. The number of aromatic nitrogens is 3. The highest BCUT2D eigenvalue weighted by molar-refractivity contribution is 7.99. The third-order valence-corrected chi connectivity index (χ3v) is 4.65. The van der Waals surface area contributed by atoms with E-state index in [4.69, 9.17) is 9.47 Å². The maximum atomic E-state index is 12.3. The van der Waals surface area contributed by atoms with E-state index in [1.807, 2.05) is 38.1 Å². The summed E-state index contributed by atoms with van der Waals surface area (Å²) in [5.74, 6) is 0.356. The van der Waals surface area contributed by atoms with Gasteiger partial charge >= 0.3 is 5.97 Å². The van der Waals surface area contributed by atoms with Crippen LogP contribution in [0.5, 0.6) is 5.75 Å². The molecule has 9 heteroatoms. The molecule has 2 aromatic rings. The molecule has 0 aliphatic rings. The van der Waals surface area contributed by atoms with Crippen molar-refractivity contribution in [2.75, 3.05) is 20.0 Å². The van der Waals surface area contributed by atoms with Gasteiger partial charge in [0.15, 0.2) is 5.16 Å². The maximum Gasteiger partial charge on any atom is 0.328 e. The van der Waals surface area contributed by atoms with E-state index in [-0.39, 0.29) is 17.6 Å². The lowest BCUT2D eigenvalue weighted by molar-refractivity contribution is -0.145. The number of nitrogens with zero attached hydrogens (tertiary/aromatic N) is 3. The Labute approximate surface area is 162 Å². The number of carbonyl (C=O) groups excluding carboxylic acids is 2. The molecule has 1 aromatic heterocycles. The largest absolute Gasteiger partial charge is 0.497 e. The van der Waals surface area contributed by atoms with Gasteiger partial charge in [0.05, 0.1) is 25.7 Å². The quantitative estimate of drug-likeness (QED) is 0.515. The van der Waals surface area contributed by atoms with Gasteiger partial charge in [-0.3, -0.25) is 9.36 Å². The summed E-state index contributed by atoms with van der Waals surface area (Å²) in [5, 5.41) is 11.3. The fourth-order valence-corrected chi connectivity index (χ4v) is 3.19. The van der Waals surface area contributed by atoms with Crippen LogP contribution < -0.4 is 10.1 Å². The number of nitrogens with one attached hydrogen (secondary N) is 1. The van der Waals surface area contributed by atoms with Gasteiger partial charge in [0.25, 0.3) is 0 Å². The van der Waals surface area contributed by atoms with Gasteiger partial charge < -0.3 is 14.8 Å². The lowest BCUT2D eigenvalue weighted by atomic mass is 10.0. The molecule has 0 bridgehead atoms. The average Bonchev–Trinajstić information content (AvgIpc) is 3.13. The number of amides is 1. The monoisotopic (exact) mass is 392 g/mol. The van der Waals surface area contributed by atoms with E-state index in [1.165, 1.54) is 18.9 Å². The van der Waals surface area contributed by atoms with Crippen molar-refractivity contribution in [3.8, 4) is 11.4 Å². The predicted molar refractivity (Wildman–Crippen MR) is 102 cm³/mol. The van der Waals surface area contributed by atoms with Gasteiger partial charge in [-0.1, -0.05) is 31.7 Å². The zero-order chi connectivity index (χ0) is 19.8. The summed E-state index contributed by atoms with van der Waals surface area (Å²) >= 11 is 1.23. The van der Waals surface area contributed by atoms with E-state index >= 15 is 0 Å². The van der Waals surface area contributed by atoms with Gasteiger partial charge in [0.2, 0.25) is 5.91 Å². The highest BCUT2D eigenvalue weighted by Gasteiger charge is 2.23. The molecule has 1 heterocycles. The normalized spacial score (nSPS) is 11.9. The molecule has 1 amide bonds. The van der Waals surface area contributed by atoms with Crippen LogP contribution in [-0.2, 0) is 14.3 Å². The van der Waals surface area contributed by atoms with Gasteiger partial charge in [-0.15, -0.1) is 10.2 Å². The molecule has 0 fully saturated rings. The van der Waals surface area contributed by atoms with Crippen LogP contribution in [0.15, 0.2) is 35.7 Å². The number of thioether (sulfide) groups is 1. The van der Waals surface area contributed by atoms with Crippen LogP contribution in [-0.4, -0.2) is 52.7 Å². The molecular formula is C18H24N4O4S. The van der Waals surface area contributed by atoms with Crippen LogP contribution in [0.4, 0.5) is 0 Å². The van der Waals surface area contributed by atoms with Crippen LogP contribution in [0, 0.1) is 5.92 Å². The van der Waals surface area contributed by atoms with Gasteiger partial charge in [0.1, 0.15) is 18.1 Å². The van der Waals surface area contributed by atoms with Gasteiger partial charge in [0, 0.05) is 6.07 Å². The third kappa shape index (κ3) is 5.99. The summed E-state index contributed by atoms with van der Waals surface area (Å²) in [5.41, 5.74) is 0.828. The van der Waals surface area contributed by atoms with E-state index in [0.29, 0.717) is 17.3 Å². The first-order valence-electron chi connectivity index (χ1n) is 8.49. The summed E-state index contributed by atoms with van der Waals surface area (Å²) in [6.07, 6.45) is 2.09. The standard InChI is InChI=1S/C18H24N4O4S/c1-12(2)8-15(17(24)26-4)20-16(23)10-27-18-21-19-11-22(18)13-6-5-7-14(9-13)25-3/h5-7,9,11-12,15H,8,10H2,1-4H3,(H,20,23)/t15-/m0/s1. The molecule has 27 heavy (non-hydrogen) atoms. The minimum atomic E-state index is -0.653. The number of rotatable bonds is 9. The first-order valence-corrected chi connectivity index (χ1v) is 9.47. The Kier molecular flexibility index (Phi) is 7.66. The molecule has 0 aliphatic heterocycles. The smallest absolute Gasteiger partial charge is 0.328 e. The topological polar surface area (TPSA) is 95.3 Å². The first kappa shape index (κ1) is 20.8. The highest BCUT2D eigenvalue weighted by Crippen LogP contribution is 2.22. The lowest BCUT2D eigenvalue weighted by Gasteiger charge is -2.18. The van der Waals surface area contributed by atoms with Gasteiger partial charge in [-0.05, 0) is 24.5 Å². The Hall–Kier alpha value is -2.55. The minimum absolute atomic E-state index is 0.105. The van der Waals surface area contributed by atoms with E-state index in [9.17, 15) is 9.59 Å². The zero-order valence-corrected chi connectivity index (χ0v) is 16.7. The molecule has 1 aromatic carbocycles. The summed E-state index contributed by atoms with van der Waals surface area (Å²) in [7, 11) is 2.91. The second-order valence-electron chi connectivity index (χ2n) is 6.25. The number of hydrogen-bond donors (Lipinski definition) is 1. The average molecular weight is 392 g/mol. The first-order chi connectivity index (χ1) is 12.9. The summed E-state index contributed by atoms with van der Waals surface area (Å²) in [4.78, 5) is 24.1. The molecule has 0 saturated carbocycles. The van der Waals surface area contributed by atoms with Crippen molar-refractivity contribution in [1.29, 1.82) is 0 Å². The maximum absolute atomic E-state index is 12.3. The van der Waals surface area contributed by atoms with Gasteiger partial charge in [-0.25, -0.2) is 4.79 Å². The van der Waals surface area contributed by atoms with Crippen molar-refractivity contribution in [3.05, 3.63) is 30.6 Å². The Bertz CT molecular complexity index is 778. The Balaban J connectivity index is 2.01. The number of ether oxygens (including phenoxy) is 2. The Morgan fingerprint density at radius 3 is 2.74 bits per heavy atom. The molecule has 1 N–H and O–H groups in total. The molecular weight excluding hydrogens is 368 g/mol. The van der Waals surface area contributed by atoms with Crippen molar-refractivity contribution in [3.63, 3.8) is 0 Å². The van der Waals surface area contributed by atoms with Crippen LogP contribution in [0.2, 0.25) is 0 Å². The number of methoxy groups -OCH3 is 2. The number of hydrogen-bond acceptors (Lipinski definition) is 7. The molecule has 0 saturated heterocycles. The minimum Gasteiger partial charge on any atom is -0.497 e. The Morgan fingerprint density at radius 1 is 1.30 bits per heavy atom. The number of benzene rings is 1. The highest BCUT2D eigenvalue weighted by atomic mass is 32.2. The van der Waals surface area contributed by atoms with Crippen molar-refractivity contribution >= 4 is 23.6 Å². The molecule has 0 aliphatic carbocycles. The Morgan fingerprint density at radius 2 is 2.07 bits per heavy atom. The molecule has 8 nitrogen and oxygen atoms in total. The van der Waals surface area contributed by atoms with E-state index in [1.54, 1.807) is 18.0 Å². The van der Waals surface area contributed by atoms with Crippen LogP contribution >= 0.6 is 11.8 Å². The van der Waals surface area contributed by atoms with Crippen LogP contribution in [0.1, 0.15) is 20.3 Å². The van der Waals surface area contributed by atoms with E-state index < -0.39 is 12.0 Å². The predicted octanol–water partition coefficient (Wildman–Crippen LogP) is 2.07. The molecule has 0 radical (unpaired) electrons. The fraction of sp³-hybridized carbons (Fsp3) is 0.444. The molecule has 0 unspecified atom stereocenters. The van der Waals surface area contributed by atoms with Crippen LogP contribution in [0.25, 0.3) is 5.69 Å². The second kappa shape index (κ2) is 9.96. The molecule has 146 valence electrons. The van der Waals surface area contributed by atoms with Crippen molar-refractivity contribution in [1.82, 2.24) is 20.1 Å². The van der Waals surface area contributed by atoms with Gasteiger partial charge in [-0.2, -0.15) is 0 Å². The number of carbonyl (C=O) groups is 2. The van der Waals surface area contributed by atoms with Crippen molar-refractivity contribution < 1.29 is 19.1 Å². The van der Waals surface area contributed by atoms with E-state index in [2.05, 4.69) is 15.5 Å². The van der Waals surface area contributed by atoms with Crippen molar-refractivity contribution in [2.24, 2.45) is 5.92 Å². The number of esters is 1. The SMILES string of the molecule is COC(=O)[C@H](CC(C)C)NC(=O)CSc1nncn1-c1cccc(OC)c1. The second-order valence-corrected chi connectivity index (χ2v) is 7.19. The summed E-state index contributed by atoms with van der Waals surface area (Å²) in [6, 6.07) is 6.80. The summed E-state index contributed by atoms with van der Waals surface area (Å²) in [6.45, 7) is 3.96. The third-order valence-electron chi connectivity index (χ3n) is 3.71. The summed E-state index contributed by atoms with van der Waals surface area (Å²) < 4.78 is 11.8. The molecule has 2 rings (SSSR count). The van der Waals surface area contributed by atoms with E-state index in [0.717, 1.165) is 5.69 Å². The molecule has 0 spiro atoms. The fourth-order valence-electron chi connectivity index (χ4n) is 2.45. The van der Waals surface area contributed by atoms with Crippen LogP contribution in [0.3, 0.4) is 0 Å². The lowest BCUT2D eigenvalue weighted by Crippen LogP contribution is -2.43. The van der Waals surface area contributed by atoms with Crippen molar-refractivity contribution in [2.45, 2.75) is 31.5 Å².